The molecule has 2 amide bonds. The monoisotopic (exact) mass is 328 g/mol. The average Bonchev–Trinajstić information content (AvgIpc) is 2.57. The van der Waals surface area contributed by atoms with E-state index in [1.54, 1.807) is 37.8 Å². The van der Waals surface area contributed by atoms with Gasteiger partial charge in [-0.05, 0) is 24.6 Å². The predicted molar refractivity (Wildman–Crippen MR) is 90.4 cm³/mol. The molecule has 8 nitrogen and oxygen atoms in total. The van der Waals surface area contributed by atoms with Crippen LogP contribution < -0.4 is 10.6 Å². The van der Waals surface area contributed by atoms with Crippen molar-refractivity contribution in [1.29, 1.82) is 0 Å². The fourth-order valence-corrected chi connectivity index (χ4v) is 1.89. The summed E-state index contributed by atoms with van der Waals surface area (Å²) in [7, 11) is 1.59. The van der Waals surface area contributed by atoms with Gasteiger partial charge in [0.25, 0.3) is 0 Å². The third kappa shape index (κ3) is 5.64. The smallest absolute Gasteiger partial charge is 0.245 e. The lowest BCUT2D eigenvalue weighted by Gasteiger charge is -2.16. The van der Waals surface area contributed by atoms with Crippen LogP contribution in [0.4, 0.5) is 11.8 Å². The summed E-state index contributed by atoms with van der Waals surface area (Å²) in [6.45, 7) is 2.28. The molecule has 0 atom stereocenters. The van der Waals surface area contributed by atoms with E-state index in [4.69, 9.17) is 0 Å². The van der Waals surface area contributed by atoms with E-state index in [0.29, 0.717) is 18.3 Å². The minimum Gasteiger partial charge on any atom is -0.354 e. The fourth-order valence-electron chi connectivity index (χ4n) is 1.89. The first-order chi connectivity index (χ1) is 11.5. The van der Waals surface area contributed by atoms with Crippen molar-refractivity contribution < 1.29 is 9.59 Å². The van der Waals surface area contributed by atoms with Crippen molar-refractivity contribution in [3.8, 4) is 0 Å². The molecule has 2 aromatic heterocycles. The van der Waals surface area contributed by atoms with Crippen molar-refractivity contribution in [3.05, 3.63) is 42.4 Å². The SMILES string of the molecule is Cc1ccc(NC(=O)CN(C)C(=O)CCNc2ncccn2)nc1. The third-order valence-electron chi connectivity index (χ3n) is 3.17. The molecule has 0 saturated heterocycles. The number of rotatable bonds is 7. The number of nitrogens with one attached hydrogen (secondary N) is 2. The Morgan fingerprint density at radius 3 is 2.58 bits per heavy atom. The molecule has 0 bridgehead atoms. The van der Waals surface area contributed by atoms with Crippen LogP contribution in [-0.4, -0.2) is 51.8 Å². The summed E-state index contributed by atoms with van der Waals surface area (Å²) in [5.74, 6) is 0.498. The van der Waals surface area contributed by atoms with Gasteiger partial charge in [-0.2, -0.15) is 0 Å². The van der Waals surface area contributed by atoms with Crippen LogP contribution in [0.1, 0.15) is 12.0 Å². The Bertz CT molecular complexity index is 675. The van der Waals surface area contributed by atoms with Crippen molar-refractivity contribution in [3.63, 3.8) is 0 Å². The van der Waals surface area contributed by atoms with E-state index in [9.17, 15) is 9.59 Å². The van der Waals surface area contributed by atoms with Gasteiger partial charge in [0.15, 0.2) is 0 Å². The van der Waals surface area contributed by atoms with Crippen LogP contribution in [0.5, 0.6) is 0 Å². The molecular weight excluding hydrogens is 308 g/mol. The zero-order valence-electron chi connectivity index (χ0n) is 13.7. The van der Waals surface area contributed by atoms with Crippen molar-refractivity contribution in [2.24, 2.45) is 0 Å². The summed E-state index contributed by atoms with van der Waals surface area (Å²) in [6, 6.07) is 5.29. The van der Waals surface area contributed by atoms with Crippen molar-refractivity contribution >= 4 is 23.6 Å². The van der Waals surface area contributed by atoms with Gasteiger partial charge in [-0.15, -0.1) is 0 Å². The van der Waals surface area contributed by atoms with Gasteiger partial charge in [-0.3, -0.25) is 9.59 Å². The molecule has 8 heteroatoms. The molecule has 0 aliphatic rings. The van der Waals surface area contributed by atoms with E-state index in [-0.39, 0.29) is 24.8 Å². The number of aromatic nitrogens is 3. The quantitative estimate of drug-likeness (QED) is 0.789. The first-order valence-electron chi connectivity index (χ1n) is 7.52. The lowest BCUT2D eigenvalue weighted by Crippen LogP contribution is -2.35. The van der Waals surface area contributed by atoms with Crippen molar-refractivity contribution in [1.82, 2.24) is 19.9 Å². The van der Waals surface area contributed by atoms with E-state index in [2.05, 4.69) is 25.6 Å². The lowest BCUT2D eigenvalue weighted by atomic mass is 10.3. The summed E-state index contributed by atoms with van der Waals surface area (Å²) in [5.41, 5.74) is 1.01. The minimum atomic E-state index is -0.290. The van der Waals surface area contributed by atoms with Gasteiger partial charge in [0.2, 0.25) is 17.8 Å². The highest BCUT2D eigenvalue weighted by Crippen LogP contribution is 2.04. The molecular formula is C16H20N6O2. The normalized spacial score (nSPS) is 10.1. The summed E-state index contributed by atoms with van der Waals surface area (Å²) >= 11 is 0. The Balaban J connectivity index is 1.72. The molecule has 0 aromatic carbocycles. The van der Waals surface area contributed by atoms with Gasteiger partial charge < -0.3 is 15.5 Å². The Hall–Kier alpha value is -3.03. The fraction of sp³-hybridized carbons (Fsp3) is 0.312. The number of pyridine rings is 1. The van der Waals surface area contributed by atoms with Gasteiger partial charge in [0.1, 0.15) is 5.82 Å². The Morgan fingerprint density at radius 1 is 1.17 bits per heavy atom. The van der Waals surface area contributed by atoms with Gasteiger partial charge in [0, 0.05) is 38.6 Å². The molecule has 2 rings (SSSR count). The Morgan fingerprint density at radius 2 is 1.92 bits per heavy atom. The van der Waals surface area contributed by atoms with Crippen LogP contribution in [0.2, 0.25) is 0 Å². The Labute approximate surface area is 140 Å². The predicted octanol–water partition coefficient (Wildman–Crippen LogP) is 1.08. The van der Waals surface area contributed by atoms with Crippen LogP contribution in [0, 0.1) is 6.92 Å². The minimum absolute atomic E-state index is 0.0315. The number of likely N-dealkylation sites (N-methyl/N-ethyl adjacent to an activating group) is 1. The second kappa shape index (κ2) is 8.56. The molecule has 0 aliphatic heterocycles. The van der Waals surface area contributed by atoms with E-state index >= 15 is 0 Å². The highest BCUT2D eigenvalue weighted by atomic mass is 16.2. The maximum absolute atomic E-state index is 12.0. The first kappa shape index (κ1) is 17.3. The number of carbonyl (C=O) groups is 2. The molecule has 0 unspecified atom stereocenters. The summed E-state index contributed by atoms with van der Waals surface area (Å²) in [5, 5.41) is 5.61. The van der Waals surface area contributed by atoms with Crippen molar-refractivity contribution in [2.45, 2.75) is 13.3 Å². The summed E-state index contributed by atoms with van der Waals surface area (Å²) in [6.07, 6.45) is 5.14. The van der Waals surface area contributed by atoms with Gasteiger partial charge in [0.05, 0.1) is 6.54 Å². The van der Waals surface area contributed by atoms with Gasteiger partial charge in [-0.25, -0.2) is 15.0 Å². The topological polar surface area (TPSA) is 100 Å². The number of anilines is 2. The zero-order chi connectivity index (χ0) is 17.4. The number of amides is 2. The molecule has 0 spiro atoms. The summed E-state index contributed by atoms with van der Waals surface area (Å²) in [4.78, 5) is 37.4. The Kier molecular flexibility index (Phi) is 6.18. The molecule has 0 saturated carbocycles. The molecule has 0 aliphatic carbocycles. The molecule has 2 aromatic rings. The van der Waals surface area contributed by atoms with Crippen LogP contribution >= 0.6 is 0 Å². The maximum atomic E-state index is 12.0. The number of aryl methyl sites for hydroxylation is 1. The highest BCUT2D eigenvalue weighted by Gasteiger charge is 2.13. The number of hydrogen-bond donors (Lipinski definition) is 2. The molecule has 2 heterocycles. The number of carbonyl (C=O) groups excluding carboxylic acids is 2. The maximum Gasteiger partial charge on any atom is 0.245 e. The van der Waals surface area contributed by atoms with Crippen LogP contribution in [0.15, 0.2) is 36.8 Å². The molecule has 24 heavy (non-hydrogen) atoms. The number of nitrogens with zero attached hydrogens (tertiary/aromatic N) is 4. The first-order valence-corrected chi connectivity index (χ1v) is 7.52. The average molecular weight is 328 g/mol. The van der Waals surface area contributed by atoms with Gasteiger partial charge in [-0.1, -0.05) is 6.07 Å². The lowest BCUT2D eigenvalue weighted by molar-refractivity contribution is -0.133. The second-order valence-corrected chi connectivity index (χ2v) is 5.27. The molecule has 2 N–H and O–H groups in total. The molecule has 0 radical (unpaired) electrons. The summed E-state index contributed by atoms with van der Waals surface area (Å²) < 4.78 is 0. The van der Waals surface area contributed by atoms with Crippen molar-refractivity contribution in [2.75, 3.05) is 30.8 Å². The molecule has 126 valence electrons. The standard InChI is InChI=1S/C16H20N6O2/c1-12-4-5-13(20-10-12)21-14(23)11-22(2)15(24)6-9-19-16-17-7-3-8-18-16/h3-5,7-8,10H,6,9,11H2,1-2H3,(H,17,18,19)(H,20,21,23). The van der Waals surface area contributed by atoms with E-state index in [1.807, 2.05) is 13.0 Å². The number of hydrogen-bond acceptors (Lipinski definition) is 6. The zero-order valence-corrected chi connectivity index (χ0v) is 13.7. The highest BCUT2D eigenvalue weighted by molar-refractivity contribution is 5.93. The van der Waals surface area contributed by atoms with Gasteiger partial charge >= 0.3 is 0 Å². The van der Waals surface area contributed by atoms with Crippen LogP contribution in [0.3, 0.4) is 0 Å². The molecule has 0 fully saturated rings. The third-order valence-corrected chi connectivity index (χ3v) is 3.17. The van der Waals surface area contributed by atoms with Crippen LogP contribution in [-0.2, 0) is 9.59 Å². The van der Waals surface area contributed by atoms with E-state index < -0.39 is 0 Å². The second-order valence-electron chi connectivity index (χ2n) is 5.27. The largest absolute Gasteiger partial charge is 0.354 e. The van der Waals surface area contributed by atoms with E-state index in [0.717, 1.165) is 5.56 Å². The van der Waals surface area contributed by atoms with E-state index in [1.165, 1.54) is 4.90 Å². The van der Waals surface area contributed by atoms with Crippen LogP contribution in [0.25, 0.3) is 0 Å².